The molecular weight excluding hydrogens is 346 g/mol. The van der Waals surface area contributed by atoms with Gasteiger partial charge in [-0.2, -0.15) is 0 Å². The monoisotopic (exact) mass is 357 g/mol. The van der Waals surface area contributed by atoms with Crippen molar-refractivity contribution in [3.63, 3.8) is 0 Å². The molecule has 1 atom stereocenters. The molecule has 1 unspecified atom stereocenters. The van der Waals surface area contributed by atoms with E-state index in [0.29, 0.717) is 0 Å². The van der Waals surface area contributed by atoms with Gasteiger partial charge in [0, 0.05) is 34.1 Å². The van der Waals surface area contributed by atoms with E-state index in [-0.39, 0.29) is 6.04 Å². The number of halogens is 2. The van der Waals surface area contributed by atoms with Gasteiger partial charge in [0.15, 0.2) is 0 Å². The van der Waals surface area contributed by atoms with Gasteiger partial charge in [-0.3, -0.25) is 0 Å². The van der Waals surface area contributed by atoms with Gasteiger partial charge in [-0.1, -0.05) is 15.9 Å². The van der Waals surface area contributed by atoms with Crippen molar-refractivity contribution in [2.24, 2.45) is 7.05 Å². The molecule has 0 spiro atoms. The van der Waals surface area contributed by atoms with Gasteiger partial charge in [-0.25, -0.2) is 4.98 Å². The first-order valence-corrected chi connectivity index (χ1v) is 6.85. The molecule has 0 radical (unpaired) electrons. The van der Waals surface area contributed by atoms with E-state index in [1.54, 1.807) is 0 Å². The van der Waals surface area contributed by atoms with Gasteiger partial charge in [0.25, 0.3) is 0 Å². The fourth-order valence-corrected chi connectivity index (χ4v) is 2.86. The van der Waals surface area contributed by atoms with Crippen molar-refractivity contribution in [3.8, 4) is 0 Å². The molecule has 90 valence electrons. The lowest BCUT2D eigenvalue weighted by atomic mass is 10.2. The summed E-state index contributed by atoms with van der Waals surface area (Å²) < 4.78 is 4.11. The van der Waals surface area contributed by atoms with Gasteiger partial charge < -0.3 is 9.88 Å². The fraction of sp³-hybridized carbons (Fsp3) is 0.250. The standard InChI is InChI=1S/C12H13Br2N3/c1-8(12-15-5-6-17(12)2)16-11-4-3-9(13)7-10(11)14/h3-8,16H,1-2H3. The predicted molar refractivity (Wildman–Crippen MR) is 77.1 cm³/mol. The molecule has 0 fully saturated rings. The number of aromatic nitrogens is 2. The van der Waals surface area contributed by atoms with Crippen molar-refractivity contribution in [1.82, 2.24) is 9.55 Å². The van der Waals surface area contributed by atoms with Crippen LogP contribution in [-0.2, 0) is 7.05 Å². The number of nitrogens with one attached hydrogen (secondary N) is 1. The Morgan fingerprint density at radius 1 is 1.35 bits per heavy atom. The van der Waals surface area contributed by atoms with E-state index in [9.17, 15) is 0 Å². The van der Waals surface area contributed by atoms with Gasteiger partial charge in [-0.15, -0.1) is 0 Å². The minimum absolute atomic E-state index is 0.160. The lowest BCUT2D eigenvalue weighted by Gasteiger charge is -2.16. The Hall–Kier alpha value is -0.810. The summed E-state index contributed by atoms with van der Waals surface area (Å²) in [4.78, 5) is 4.33. The molecule has 0 saturated carbocycles. The molecule has 0 aliphatic carbocycles. The molecule has 5 heteroatoms. The molecule has 0 amide bonds. The lowest BCUT2D eigenvalue weighted by molar-refractivity contribution is 0.721. The van der Waals surface area contributed by atoms with Crippen LogP contribution in [0.5, 0.6) is 0 Å². The third kappa shape index (κ3) is 2.90. The normalized spacial score (nSPS) is 12.5. The molecule has 2 rings (SSSR count). The third-order valence-electron chi connectivity index (χ3n) is 2.55. The molecule has 3 nitrogen and oxygen atoms in total. The Morgan fingerprint density at radius 2 is 2.12 bits per heavy atom. The summed E-state index contributed by atoms with van der Waals surface area (Å²) >= 11 is 6.98. The summed E-state index contributed by atoms with van der Waals surface area (Å²) in [6.07, 6.45) is 3.76. The number of rotatable bonds is 3. The molecule has 2 aromatic rings. The predicted octanol–water partition coefficient (Wildman–Crippen LogP) is 4.12. The van der Waals surface area contributed by atoms with Crippen LogP contribution >= 0.6 is 31.9 Å². The number of aryl methyl sites for hydroxylation is 1. The highest BCUT2D eigenvalue weighted by atomic mass is 79.9. The summed E-state index contributed by atoms with van der Waals surface area (Å²) in [5.74, 6) is 1.01. The molecule has 1 aromatic carbocycles. The van der Waals surface area contributed by atoms with Crippen LogP contribution in [0.25, 0.3) is 0 Å². The smallest absolute Gasteiger partial charge is 0.130 e. The van der Waals surface area contributed by atoms with Crippen LogP contribution in [0.3, 0.4) is 0 Å². The quantitative estimate of drug-likeness (QED) is 0.894. The SMILES string of the molecule is CC(Nc1ccc(Br)cc1Br)c1nccn1C. The van der Waals surface area contributed by atoms with Crippen LogP contribution in [-0.4, -0.2) is 9.55 Å². The van der Waals surface area contributed by atoms with Crippen LogP contribution in [0.15, 0.2) is 39.5 Å². The molecule has 0 saturated heterocycles. The molecule has 0 aliphatic heterocycles. The Balaban J connectivity index is 2.19. The minimum atomic E-state index is 0.160. The second-order valence-electron chi connectivity index (χ2n) is 3.89. The lowest BCUT2D eigenvalue weighted by Crippen LogP contribution is -2.12. The summed E-state index contributed by atoms with van der Waals surface area (Å²) in [7, 11) is 2.00. The summed E-state index contributed by atoms with van der Waals surface area (Å²) in [5.41, 5.74) is 1.06. The average Bonchev–Trinajstić information content (AvgIpc) is 2.68. The molecule has 1 aromatic heterocycles. The van der Waals surface area contributed by atoms with Crippen LogP contribution in [0.1, 0.15) is 18.8 Å². The van der Waals surface area contributed by atoms with Crippen molar-refractivity contribution >= 4 is 37.5 Å². The summed E-state index contributed by atoms with van der Waals surface area (Å²) in [5, 5.41) is 3.43. The van der Waals surface area contributed by atoms with Crippen LogP contribution in [0.2, 0.25) is 0 Å². The largest absolute Gasteiger partial charge is 0.374 e. The maximum Gasteiger partial charge on any atom is 0.130 e. The van der Waals surface area contributed by atoms with Gasteiger partial charge in [-0.05, 0) is 41.1 Å². The molecule has 0 aliphatic rings. The number of imidazole rings is 1. The van der Waals surface area contributed by atoms with Crippen LogP contribution in [0.4, 0.5) is 5.69 Å². The summed E-state index contributed by atoms with van der Waals surface area (Å²) in [6.45, 7) is 2.09. The zero-order chi connectivity index (χ0) is 12.4. The van der Waals surface area contributed by atoms with E-state index in [0.717, 1.165) is 20.5 Å². The van der Waals surface area contributed by atoms with E-state index in [2.05, 4.69) is 49.1 Å². The van der Waals surface area contributed by atoms with E-state index in [4.69, 9.17) is 0 Å². The molecule has 1 heterocycles. The molecular formula is C12H13Br2N3. The average molecular weight is 359 g/mol. The van der Waals surface area contributed by atoms with Crippen molar-refractivity contribution in [3.05, 3.63) is 45.4 Å². The highest BCUT2D eigenvalue weighted by Gasteiger charge is 2.11. The first-order valence-electron chi connectivity index (χ1n) is 5.26. The third-order valence-corrected chi connectivity index (χ3v) is 3.70. The van der Waals surface area contributed by atoms with Crippen molar-refractivity contribution in [2.45, 2.75) is 13.0 Å². The van der Waals surface area contributed by atoms with E-state index in [1.165, 1.54) is 0 Å². The number of hydrogen-bond donors (Lipinski definition) is 1. The highest BCUT2D eigenvalue weighted by molar-refractivity contribution is 9.11. The Morgan fingerprint density at radius 3 is 2.71 bits per heavy atom. The van der Waals surface area contributed by atoms with Crippen molar-refractivity contribution < 1.29 is 0 Å². The van der Waals surface area contributed by atoms with Crippen molar-refractivity contribution in [1.29, 1.82) is 0 Å². The Kier molecular flexibility index (Phi) is 3.89. The Labute approximate surface area is 118 Å². The Bertz CT molecular complexity index is 522. The minimum Gasteiger partial charge on any atom is -0.374 e. The maximum atomic E-state index is 4.33. The number of hydrogen-bond acceptors (Lipinski definition) is 2. The maximum absolute atomic E-state index is 4.33. The number of anilines is 1. The van der Waals surface area contributed by atoms with Crippen molar-refractivity contribution in [2.75, 3.05) is 5.32 Å². The van der Waals surface area contributed by atoms with Crippen LogP contribution < -0.4 is 5.32 Å². The molecule has 17 heavy (non-hydrogen) atoms. The van der Waals surface area contributed by atoms with Gasteiger partial charge in [0.1, 0.15) is 5.82 Å². The zero-order valence-electron chi connectivity index (χ0n) is 9.61. The molecule has 0 bridgehead atoms. The first kappa shape index (κ1) is 12.6. The zero-order valence-corrected chi connectivity index (χ0v) is 12.8. The number of benzene rings is 1. The van der Waals surface area contributed by atoms with Gasteiger partial charge in [0.2, 0.25) is 0 Å². The fourth-order valence-electron chi connectivity index (χ4n) is 1.70. The van der Waals surface area contributed by atoms with Gasteiger partial charge in [0.05, 0.1) is 6.04 Å². The molecule has 1 N–H and O–H groups in total. The number of nitrogens with zero attached hydrogens (tertiary/aromatic N) is 2. The van der Waals surface area contributed by atoms with E-state index in [1.807, 2.05) is 42.2 Å². The van der Waals surface area contributed by atoms with E-state index < -0.39 is 0 Å². The van der Waals surface area contributed by atoms with E-state index >= 15 is 0 Å². The second-order valence-corrected chi connectivity index (χ2v) is 5.66. The first-order chi connectivity index (χ1) is 8.08. The summed E-state index contributed by atoms with van der Waals surface area (Å²) in [6, 6.07) is 6.23. The second kappa shape index (κ2) is 5.23. The highest BCUT2D eigenvalue weighted by Crippen LogP contribution is 2.28. The topological polar surface area (TPSA) is 29.9 Å². The van der Waals surface area contributed by atoms with Gasteiger partial charge >= 0.3 is 0 Å². The van der Waals surface area contributed by atoms with Crippen LogP contribution in [0, 0.1) is 0 Å².